The Hall–Kier alpha value is -1.66. The van der Waals surface area contributed by atoms with Crippen molar-refractivity contribution in [2.45, 2.75) is 75.5 Å². The number of carbonyl (C=O) groups is 2. The van der Waals surface area contributed by atoms with E-state index in [2.05, 4.69) is 4.90 Å². The Morgan fingerprint density at radius 3 is 2.52 bits per heavy atom. The second-order valence-electron chi connectivity index (χ2n) is 10.3. The normalized spacial score (nSPS) is 29.2. The fourth-order valence-electron chi connectivity index (χ4n) is 5.88. The lowest BCUT2D eigenvalue weighted by molar-refractivity contribution is -0.137. The van der Waals surface area contributed by atoms with Crippen LogP contribution in [0.15, 0.2) is 18.2 Å². The van der Waals surface area contributed by atoms with Gasteiger partial charge in [0.1, 0.15) is 6.17 Å². The van der Waals surface area contributed by atoms with Crippen LogP contribution in [0.1, 0.15) is 66.4 Å². The second-order valence-corrected chi connectivity index (χ2v) is 10.9. The van der Waals surface area contributed by atoms with Crippen LogP contribution in [0.5, 0.6) is 0 Å². The van der Waals surface area contributed by atoms with E-state index in [4.69, 9.17) is 11.6 Å². The van der Waals surface area contributed by atoms with E-state index in [9.17, 15) is 14.0 Å². The van der Waals surface area contributed by atoms with Crippen molar-refractivity contribution >= 4 is 23.4 Å². The summed E-state index contributed by atoms with van der Waals surface area (Å²) >= 11 is 6.10. The minimum Gasteiger partial charge on any atom is -0.338 e. The molecule has 0 aromatic heterocycles. The number of amides is 2. The van der Waals surface area contributed by atoms with E-state index in [0.29, 0.717) is 32.4 Å². The summed E-state index contributed by atoms with van der Waals surface area (Å²) in [6.45, 7) is 4.91. The number of halogens is 2. The summed E-state index contributed by atoms with van der Waals surface area (Å²) in [4.78, 5) is 32.7. The Bertz CT molecular complexity index is 892. The maximum atomic E-state index is 13.7. The smallest absolute Gasteiger partial charge is 0.253 e. The number of fused-ring (bicyclic) bond motifs is 1. The van der Waals surface area contributed by atoms with Gasteiger partial charge in [0.2, 0.25) is 5.91 Å². The molecule has 1 saturated heterocycles. The molecule has 2 aliphatic carbocycles. The van der Waals surface area contributed by atoms with Crippen LogP contribution < -0.4 is 0 Å². The van der Waals surface area contributed by atoms with Gasteiger partial charge in [0.15, 0.2) is 0 Å². The molecule has 1 aromatic carbocycles. The van der Waals surface area contributed by atoms with E-state index in [0.717, 1.165) is 56.2 Å². The summed E-state index contributed by atoms with van der Waals surface area (Å²) in [5.74, 6) is 0.0475. The van der Waals surface area contributed by atoms with Crippen molar-refractivity contribution in [3.05, 3.63) is 34.9 Å². The fourth-order valence-corrected chi connectivity index (χ4v) is 6.22. The highest BCUT2D eigenvalue weighted by Crippen LogP contribution is 2.33. The third kappa shape index (κ3) is 4.93. The van der Waals surface area contributed by atoms with Gasteiger partial charge < -0.3 is 9.80 Å². The molecule has 0 spiro atoms. The predicted molar refractivity (Wildman–Crippen MR) is 127 cm³/mol. The summed E-state index contributed by atoms with van der Waals surface area (Å²) in [5, 5.41) is -0.557. The van der Waals surface area contributed by atoms with Crippen molar-refractivity contribution in [1.82, 2.24) is 14.7 Å². The van der Waals surface area contributed by atoms with Crippen molar-refractivity contribution < 1.29 is 14.0 Å². The predicted octanol–water partition coefficient (Wildman–Crippen LogP) is 4.02. The molecule has 2 heterocycles. The number of hydrogen-bond acceptors (Lipinski definition) is 3. The lowest BCUT2D eigenvalue weighted by Gasteiger charge is -2.36. The average molecular weight is 476 g/mol. The first-order valence-corrected chi connectivity index (χ1v) is 13.2. The molecule has 180 valence electrons. The van der Waals surface area contributed by atoms with Crippen molar-refractivity contribution in [1.29, 1.82) is 0 Å². The molecule has 33 heavy (non-hydrogen) atoms. The quantitative estimate of drug-likeness (QED) is 0.620. The molecule has 0 N–H and O–H groups in total. The van der Waals surface area contributed by atoms with E-state index in [1.807, 2.05) is 28.0 Å². The molecule has 2 aliphatic heterocycles. The van der Waals surface area contributed by atoms with Crippen LogP contribution in [0.2, 0.25) is 0 Å². The minimum absolute atomic E-state index is 0.0962. The van der Waals surface area contributed by atoms with Crippen LogP contribution in [0.25, 0.3) is 0 Å². The zero-order valence-electron chi connectivity index (χ0n) is 19.4. The van der Waals surface area contributed by atoms with Gasteiger partial charge in [-0.15, -0.1) is 11.6 Å². The Morgan fingerprint density at radius 2 is 1.76 bits per heavy atom. The van der Waals surface area contributed by atoms with Crippen LogP contribution in [-0.4, -0.2) is 76.8 Å². The number of hydrogen-bond donors (Lipinski definition) is 0. The van der Waals surface area contributed by atoms with Gasteiger partial charge >= 0.3 is 0 Å². The Morgan fingerprint density at radius 1 is 0.909 bits per heavy atom. The third-order valence-electron chi connectivity index (χ3n) is 8.23. The monoisotopic (exact) mass is 475 g/mol. The third-order valence-corrected chi connectivity index (χ3v) is 8.68. The van der Waals surface area contributed by atoms with Gasteiger partial charge in [-0.1, -0.05) is 12.5 Å². The molecule has 7 heteroatoms. The fraction of sp³-hybridized carbons (Fsp3) is 0.692. The first-order valence-electron chi connectivity index (χ1n) is 12.7. The SMILES string of the molecule is O=C(c1ccc2c(c1)CCN(C(=O)C1CCC(F)C(Cl)C1)C2)N1CCCN(C2CCC2)CC1. The van der Waals surface area contributed by atoms with Gasteiger partial charge in [-0.05, 0) is 68.2 Å². The number of nitrogens with zero attached hydrogens (tertiary/aromatic N) is 3. The zero-order chi connectivity index (χ0) is 22.9. The number of rotatable bonds is 3. The Balaban J connectivity index is 1.20. The Kier molecular flexibility index (Phi) is 6.94. The molecule has 1 aromatic rings. The summed E-state index contributed by atoms with van der Waals surface area (Å²) in [6, 6.07) is 6.71. The van der Waals surface area contributed by atoms with Gasteiger partial charge in [0.25, 0.3) is 5.91 Å². The van der Waals surface area contributed by atoms with Gasteiger partial charge in [0, 0.05) is 56.8 Å². The molecular formula is C26H35ClFN3O2. The lowest BCUT2D eigenvalue weighted by Crippen LogP contribution is -2.43. The van der Waals surface area contributed by atoms with Crippen LogP contribution in [0, 0.1) is 5.92 Å². The summed E-state index contributed by atoms with van der Waals surface area (Å²) in [7, 11) is 0. The lowest BCUT2D eigenvalue weighted by atomic mass is 9.86. The van der Waals surface area contributed by atoms with Crippen LogP contribution in [0.4, 0.5) is 4.39 Å². The van der Waals surface area contributed by atoms with Gasteiger partial charge in [-0.3, -0.25) is 14.5 Å². The van der Waals surface area contributed by atoms with E-state index >= 15 is 0 Å². The first kappa shape index (κ1) is 23.1. The highest BCUT2D eigenvalue weighted by Gasteiger charge is 2.36. The molecule has 3 atom stereocenters. The first-order chi connectivity index (χ1) is 16.0. The van der Waals surface area contributed by atoms with Crippen molar-refractivity contribution in [3.63, 3.8) is 0 Å². The van der Waals surface area contributed by atoms with Crippen LogP contribution in [-0.2, 0) is 17.8 Å². The maximum Gasteiger partial charge on any atom is 0.253 e. The number of benzene rings is 1. The molecule has 5 rings (SSSR count). The molecule has 0 bridgehead atoms. The highest BCUT2D eigenvalue weighted by atomic mass is 35.5. The molecule has 2 saturated carbocycles. The van der Waals surface area contributed by atoms with Crippen LogP contribution >= 0.6 is 11.6 Å². The van der Waals surface area contributed by atoms with Gasteiger partial charge in [-0.2, -0.15) is 0 Å². The summed E-state index contributed by atoms with van der Waals surface area (Å²) in [6.07, 6.45) is 6.12. The minimum atomic E-state index is -1.00. The van der Waals surface area contributed by atoms with E-state index in [1.165, 1.54) is 24.8 Å². The molecule has 3 fully saturated rings. The van der Waals surface area contributed by atoms with Crippen molar-refractivity contribution in [2.75, 3.05) is 32.7 Å². The van der Waals surface area contributed by atoms with Gasteiger partial charge in [0.05, 0.1) is 5.38 Å². The summed E-state index contributed by atoms with van der Waals surface area (Å²) < 4.78 is 13.7. The highest BCUT2D eigenvalue weighted by molar-refractivity contribution is 6.21. The molecule has 3 unspecified atom stereocenters. The topological polar surface area (TPSA) is 43.9 Å². The van der Waals surface area contributed by atoms with E-state index in [1.54, 1.807) is 0 Å². The molecular weight excluding hydrogens is 441 g/mol. The standard InChI is InChI=1S/C26H35ClFN3O2/c27-23-16-20(7-8-24(23)28)26(33)31-12-9-18-15-19(5-6-21(18)17-31)25(32)30-11-2-10-29(13-14-30)22-3-1-4-22/h5-6,15,20,22-24H,1-4,7-14,16-17H2. The van der Waals surface area contributed by atoms with E-state index < -0.39 is 11.5 Å². The molecule has 4 aliphatic rings. The summed E-state index contributed by atoms with van der Waals surface area (Å²) in [5.41, 5.74) is 3.04. The van der Waals surface area contributed by atoms with Crippen molar-refractivity contribution in [3.8, 4) is 0 Å². The van der Waals surface area contributed by atoms with E-state index in [-0.39, 0.29) is 17.7 Å². The maximum absolute atomic E-state index is 13.7. The molecule has 2 amide bonds. The zero-order valence-corrected chi connectivity index (χ0v) is 20.1. The van der Waals surface area contributed by atoms with Crippen LogP contribution in [0.3, 0.4) is 0 Å². The molecule has 0 radical (unpaired) electrons. The second kappa shape index (κ2) is 9.91. The average Bonchev–Trinajstić information content (AvgIpc) is 3.04. The number of alkyl halides is 2. The van der Waals surface area contributed by atoms with Crippen molar-refractivity contribution in [2.24, 2.45) is 5.92 Å². The van der Waals surface area contributed by atoms with Gasteiger partial charge in [-0.25, -0.2) is 4.39 Å². The molecule has 5 nitrogen and oxygen atoms in total. The largest absolute Gasteiger partial charge is 0.338 e. The Labute approximate surface area is 201 Å². The number of carbonyl (C=O) groups excluding carboxylic acids is 2.